The number of esters is 1. The van der Waals surface area contributed by atoms with E-state index in [0.717, 1.165) is 44.9 Å². The minimum absolute atomic E-state index is 0.00397. The average molecular weight is 943 g/mol. The number of carbonyl (C=O) groups is 2. The lowest BCUT2D eigenvalue weighted by atomic mass is 10.0. The van der Waals surface area contributed by atoms with E-state index in [1.54, 1.807) is 6.08 Å². The van der Waals surface area contributed by atoms with E-state index in [4.69, 9.17) is 4.74 Å². The molecule has 0 heterocycles. The Balaban J connectivity index is 3.38. The monoisotopic (exact) mass is 942 g/mol. The molecular weight excluding hydrogens is 827 g/mol. The maximum Gasteiger partial charge on any atom is 0.305 e. The van der Waals surface area contributed by atoms with Crippen LogP contribution in [0.15, 0.2) is 36.5 Å². The van der Waals surface area contributed by atoms with Gasteiger partial charge in [0.25, 0.3) is 0 Å². The van der Waals surface area contributed by atoms with Crippen LogP contribution in [-0.4, -0.2) is 47.4 Å². The molecule has 0 aliphatic carbocycles. The van der Waals surface area contributed by atoms with Crippen LogP contribution in [0.4, 0.5) is 0 Å². The summed E-state index contributed by atoms with van der Waals surface area (Å²) in [7, 11) is 0. The normalized spacial score (nSPS) is 12.8. The van der Waals surface area contributed by atoms with E-state index in [1.165, 1.54) is 244 Å². The van der Waals surface area contributed by atoms with Crippen LogP contribution >= 0.6 is 0 Å². The number of amides is 1. The number of nitrogens with one attached hydrogen (secondary N) is 1. The van der Waals surface area contributed by atoms with E-state index in [1.807, 2.05) is 6.08 Å². The number of hydrogen-bond donors (Lipinski definition) is 3. The zero-order valence-corrected chi connectivity index (χ0v) is 44.9. The molecule has 0 radical (unpaired) electrons. The number of hydrogen-bond acceptors (Lipinski definition) is 5. The molecule has 394 valence electrons. The molecular formula is C61H115NO5. The second kappa shape index (κ2) is 56.7. The van der Waals surface area contributed by atoms with E-state index in [2.05, 4.69) is 43.5 Å². The molecule has 0 fully saturated rings. The molecule has 0 spiro atoms. The summed E-state index contributed by atoms with van der Waals surface area (Å²) in [6.45, 7) is 4.86. The molecule has 1 amide bonds. The second-order valence-electron chi connectivity index (χ2n) is 20.3. The fourth-order valence-corrected chi connectivity index (χ4v) is 9.02. The van der Waals surface area contributed by atoms with Crippen LogP contribution in [0.25, 0.3) is 0 Å². The van der Waals surface area contributed by atoms with Gasteiger partial charge in [-0.15, -0.1) is 0 Å². The number of unbranched alkanes of at least 4 members (excludes halogenated alkanes) is 40. The molecule has 0 saturated carbocycles. The van der Waals surface area contributed by atoms with E-state index < -0.39 is 12.1 Å². The van der Waals surface area contributed by atoms with Crippen LogP contribution in [0.3, 0.4) is 0 Å². The van der Waals surface area contributed by atoms with Gasteiger partial charge in [0.15, 0.2) is 0 Å². The van der Waals surface area contributed by atoms with Gasteiger partial charge in [-0.25, -0.2) is 0 Å². The van der Waals surface area contributed by atoms with Crippen LogP contribution in [-0.2, 0) is 14.3 Å². The van der Waals surface area contributed by atoms with Crippen molar-refractivity contribution in [2.24, 2.45) is 0 Å². The second-order valence-corrected chi connectivity index (χ2v) is 20.3. The minimum atomic E-state index is -0.843. The highest BCUT2D eigenvalue weighted by atomic mass is 16.5. The van der Waals surface area contributed by atoms with E-state index >= 15 is 0 Å². The molecule has 0 aliphatic rings. The molecule has 0 aromatic heterocycles. The van der Waals surface area contributed by atoms with Gasteiger partial charge in [-0.05, 0) is 77.0 Å². The molecule has 0 aliphatic heterocycles. The van der Waals surface area contributed by atoms with Gasteiger partial charge >= 0.3 is 5.97 Å². The largest absolute Gasteiger partial charge is 0.466 e. The number of aliphatic hydroxyl groups is 2. The Morgan fingerprint density at radius 1 is 0.403 bits per heavy atom. The summed E-state index contributed by atoms with van der Waals surface area (Å²) in [5.41, 5.74) is 0. The number of allylic oxidation sites excluding steroid dienone is 5. The smallest absolute Gasteiger partial charge is 0.305 e. The number of ether oxygens (including phenoxy) is 1. The molecule has 2 unspecified atom stereocenters. The quantitative estimate of drug-likeness (QED) is 0.0321. The summed E-state index contributed by atoms with van der Waals surface area (Å²) in [6, 6.07) is -0.626. The molecule has 2 atom stereocenters. The third-order valence-electron chi connectivity index (χ3n) is 13.6. The van der Waals surface area contributed by atoms with Gasteiger partial charge in [0, 0.05) is 12.8 Å². The van der Waals surface area contributed by atoms with Crippen molar-refractivity contribution in [3.63, 3.8) is 0 Å². The topological polar surface area (TPSA) is 95.9 Å². The first kappa shape index (κ1) is 65.1. The highest BCUT2D eigenvalue weighted by molar-refractivity contribution is 5.76. The Kier molecular flexibility index (Phi) is 55.0. The van der Waals surface area contributed by atoms with Crippen LogP contribution < -0.4 is 5.32 Å². The van der Waals surface area contributed by atoms with Gasteiger partial charge in [0.2, 0.25) is 5.91 Å². The lowest BCUT2D eigenvalue weighted by Gasteiger charge is -2.20. The predicted octanol–water partition coefficient (Wildman–Crippen LogP) is 18.4. The third kappa shape index (κ3) is 53.3. The molecule has 0 rings (SSSR count). The zero-order chi connectivity index (χ0) is 48.6. The Morgan fingerprint density at radius 3 is 1.10 bits per heavy atom. The maximum absolute atomic E-state index is 12.4. The van der Waals surface area contributed by atoms with Gasteiger partial charge in [0.05, 0.1) is 25.4 Å². The summed E-state index contributed by atoms with van der Waals surface area (Å²) in [5.74, 6) is -0.0650. The molecule has 6 nitrogen and oxygen atoms in total. The first-order valence-electron chi connectivity index (χ1n) is 29.8. The Bertz CT molecular complexity index is 1090. The molecule has 3 N–H and O–H groups in total. The van der Waals surface area contributed by atoms with Crippen molar-refractivity contribution in [1.29, 1.82) is 0 Å². The van der Waals surface area contributed by atoms with Gasteiger partial charge in [-0.3, -0.25) is 9.59 Å². The fourth-order valence-electron chi connectivity index (χ4n) is 9.02. The van der Waals surface area contributed by atoms with Crippen LogP contribution in [0.1, 0.15) is 316 Å². The number of carbonyl (C=O) groups excluding carboxylic acids is 2. The number of aliphatic hydroxyl groups excluding tert-OH is 2. The first-order chi connectivity index (χ1) is 33.0. The Labute approximate surface area is 417 Å². The molecule has 0 aromatic rings. The van der Waals surface area contributed by atoms with Crippen molar-refractivity contribution in [3.05, 3.63) is 36.5 Å². The standard InChI is InChI=1S/C61H115NO5/c1-3-5-7-9-11-13-33-37-41-45-49-53-59(64)58(57-63)62-60(65)54-50-46-42-38-35-31-29-27-25-23-21-19-17-15-16-18-20-22-24-26-28-30-32-36-40-44-48-52-56-67-61(66)55-51-47-43-39-34-14-12-10-8-6-4-2/h10,12,15-16,49,53,58-59,63-64H,3-9,11,13-14,17-48,50-52,54-57H2,1-2H3,(H,62,65)/b12-10-,16-15-,53-49+. The molecule has 67 heavy (non-hydrogen) atoms. The van der Waals surface area contributed by atoms with Crippen LogP contribution in [0.2, 0.25) is 0 Å². The van der Waals surface area contributed by atoms with Gasteiger partial charge in [0.1, 0.15) is 0 Å². The van der Waals surface area contributed by atoms with Crippen LogP contribution in [0, 0.1) is 0 Å². The summed E-state index contributed by atoms with van der Waals surface area (Å²) in [4.78, 5) is 24.4. The molecule has 0 bridgehead atoms. The average Bonchev–Trinajstić information content (AvgIpc) is 3.33. The highest BCUT2D eigenvalue weighted by Gasteiger charge is 2.18. The van der Waals surface area contributed by atoms with E-state index in [0.29, 0.717) is 19.4 Å². The fraction of sp³-hybridized carbons (Fsp3) is 0.869. The van der Waals surface area contributed by atoms with Crippen molar-refractivity contribution in [1.82, 2.24) is 5.32 Å². The van der Waals surface area contributed by atoms with E-state index in [-0.39, 0.29) is 18.5 Å². The van der Waals surface area contributed by atoms with Crippen molar-refractivity contribution < 1.29 is 24.5 Å². The predicted molar refractivity (Wildman–Crippen MR) is 292 cm³/mol. The van der Waals surface area contributed by atoms with Crippen molar-refractivity contribution >= 4 is 11.9 Å². The summed E-state index contributed by atoms with van der Waals surface area (Å²) >= 11 is 0. The SMILES string of the molecule is CCCC/C=C\CCCCCCCC(=O)OCCCCCCCCCCCCCC/C=C\CCCCCCCCCCCCCCC(=O)NC(CO)C(O)/C=C/CCCCCCCCCCC. The summed E-state index contributed by atoms with van der Waals surface area (Å²) in [5, 5.41) is 23.0. The highest BCUT2D eigenvalue weighted by Crippen LogP contribution is 2.16. The van der Waals surface area contributed by atoms with Gasteiger partial charge in [-0.2, -0.15) is 0 Å². The first-order valence-corrected chi connectivity index (χ1v) is 29.8. The lowest BCUT2D eigenvalue weighted by Crippen LogP contribution is -2.45. The molecule has 6 heteroatoms. The lowest BCUT2D eigenvalue weighted by molar-refractivity contribution is -0.143. The number of rotatable bonds is 55. The van der Waals surface area contributed by atoms with E-state index in [9.17, 15) is 19.8 Å². The van der Waals surface area contributed by atoms with Crippen molar-refractivity contribution in [2.45, 2.75) is 328 Å². The molecule has 0 saturated heterocycles. The Hall–Kier alpha value is -1.92. The zero-order valence-electron chi connectivity index (χ0n) is 44.9. The van der Waals surface area contributed by atoms with Crippen molar-refractivity contribution in [2.75, 3.05) is 13.2 Å². The maximum atomic E-state index is 12.4. The third-order valence-corrected chi connectivity index (χ3v) is 13.6. The minimum Gasteiger partial charge on any atom is -0.466 e. The molecule has 0 aromatic carbocycles. The summed E-state index contributed by atoms with van der Waals surface area (Å²) < 4.78 is 5.46. The van der Waals surface area contributed by atoms with Crippen LogP contribution in [0.5, 0.6) is 0 Å². The summed E-state index contributed by atoms with van der Waals surface area (Å²) in [6.07, 6.45) is 70.5. The van der Waals surface area contributed by atoms with Gasteiger partial charge < -0.3 is 20.3 Å². The Morgan fingerprint density at radius 2 is 0.716 bits per heavy atom. The van der Waals surface area contributed by atoms with Crippen molar-refractivity contribution in [3.8, 4) is 0 Å². The van der Waals surface area contributed by atoms with Gasteiger partial charge in [-0.1, -0.05) is 262 Å².